The lowest BCUT2D eigenvalue weighted by Gasteiger charge is -2.37. The van der Waals surface area contributed by atoms with Crippen molar-refractivity contribution in [3.63, 3.8) is 0 Å². The van der Waals surface area contributed by atoms with Gasteiger partial charge < -0.3 is 25.6 Å². The molecule has 0 spiro atoms. The van der Waals surface area contributed by atoms with E-state index in [9.17, 15) is 14.4 Å². The average Bonchev–Trinajstić information content (AvgIpc) is 2.69. The number of rotatable bonds is 8. The number of piperazine rings is 1. The summed E-state index contributed by atoms with van der Waals surface area (Å²) in [6.45, 7) is 4.11. The molecule has 3 amide bonds. The van der Waals surface area contributed by atoms with Gasteiger partial charge in [-0.1, -0.05) is 18.2 Å². The largest absolute Gasteiger partial charge is 0.496 e. The number of para-hydroxylation sites is 1. The average molecular weight is 376 g/mol. The standard InChI is InChI=1S/C19H28N4O4/c1-14(24)21-9-10-22-18(25)7-8-19(26)23-12-11-20-13-16(23)15-5-3-4-6-17(15)27-2/h3-6,16,20H,7-13H2,1-2H3,(H,21,24)(H,22,25). The van der Waals surface area contributed by atoms with Crippen molar-refractivity contribution in [2.45, 2.75) is 25.8 Å². The minimum absolute atomic E-state index is 0.0515. The lowest BCUT2D eigenvalue weighted by atomic mass is 10.0. The zero-order valence-corrected chi connectivity index (χ0v) is 15.9. The molecule has 27 heavy (non-hydrogen) atoms. The van der Waals surface area contributed by atoms with E-state index in [0.29, 0.717) is 26.2 Å². The molecule has 1 aliphatic heterocycles. The van der Waals surface area contributed by atoms with Crippen molar-refractivity contribution in [2.24, 2.45) is 0 Å². The summed E-state index contributed by atoms with van der Waals surface area (Å²) in [6.07, 6.45) is 0.277. The fourth-order valence-electron chi connectivity index (χ4n) is 3.12. The van der Waals surface area contributed by atoms with Crippen molar-refractivity contribution in [1.82, 2.24) is 20.9 Å². The Hall–Kier alpha value is -2.61. The summed E-state index contributed by atoms with van der Waals surface area (Å²) in [4.78, 5) is 37.2. The van der Waals surface area contributed by atoms with Gasteiger partial charge >= 0.3 is 0 Å². The summed E-state index contributed by atoms with van der Waals surface area (Å²) in [6, 6.07) is 7.55. The second-order valence-corrected chi connectivity index (χ2v) is 6.38. The van der Waals surface area contributed by atoms with Gasteiger partial charge in [-0.2, -0.15) is 0 Å². The fourth-order valence-corrected chi connectivity index (χ4v) is 3.12. The summed E-state index contributed by atoms with van der Waals surface area (Å²) in [5, 5.41) is 8.62. The van der Waals surface area contributed by atoms with Gasteiger partial charge in [-0.15, -0.1) is 0 Å². The van der Waals surface area contributed by atoms with Crippen LogP contribution in [0.4, 0.5) is 0 Å². The van der Waals surface area contributed by atoms with Crippen molar-refractivity contribution in [1.29, 1.82) is 0 Å². The quantitative estimate of drug-likeness (QED) is 0.563. The Morgan fingerprint density at radius 3 is 2.67 bits per heavy atom. The van der Waals surface area contributed by atoms with E-state index in [1.165, 1.54) is 6.92 Å². The molecular weight excluding hydrogens is 348 g/mol. The van der Waals surface area contributed by atoms with Crippen molar-refractivity contribution >= 4 is 17.7 Å². The maximum Gasteiger partial charge on any atom is 0.223 e. The Balaban J connectivity index is 1.89. The molecule has 1 aromatic rings. The van der Waals surface area contributed by atoms with E-state index in [1.54, 1.807) is 7.11 Å². The Morgan fingerprint density at radius 1 is 1.19 bits per heavy atom. The maximum absolute atomic E-state index is 12.7. The van der Waals surface area contributed by atoms with E-state index in [-0.39, 0.29) is 36.6 Å². The number of hydrogen-bond acceptors (Lipinski definition) is 5. The monoisotopic (exact) mass is 376 g/mol. The van der Waals surface area contributed by atoms with Crippen molar-refractivity contribution < 1.29 is 19.1 Å². The van der Waals surface area contributed by atoms with Gasteiger partial charge in [0, 0.05) is 58.1 Å². The predicted molar refractivity (Wildman–Crippen MR) is 101 cm³/mol. The molecule has 0 aromatic heterocycles. The van der Waals surface area contributed by atoms with Crippen LogP contribution in [0, 0.1) is 0 Å². The summed E-state index contributed by atoms with van der Waals surface area (Å²) in [5.74, 6) is 0.363. The van der Waals surface area contributed by atoms with Gasteiger partial charge in [0.2, 0.25) is 17.7 Å². The third-order valence-electron chi connectivity index (χ3n) is 4.45. The fraction of sp³-hybridized carbons (Fsp3) is 0.526. The number of hydrogen-bond donors (Lipinski definition) is 3. The van der Waals surface area contributed by atoms with Crippen LogP contribution in [-0.4, -0.2) is 62.5 Å². The van der Waals surface area contributed by atoms with E-state index in [4.69, 9.17) is 4.74 Å². The highest BCUT2D eigenvalue weighted by Gasteiger charge is 2.29. The molecule has 8 nitrogen and oxygen atoms in total. The minimum Gasteiger partial charge on any atom is -0.496 e. The molecule has 1 aliphatic rings. The molecule has 1 fully saturated rings. The number of methoxy groups -OCH3 is 1. The number of carbonyl (C=O) groups excluding carboxylic acids is 3. The van der Waals surface area contributed by atoms with Crippen LogP contribution in [0.5, 0.6) is 5.75 Å². The van der Waals surface area contributed by atoms with Gasteiger partial charge in [0.15, 0.2) is 0 Å². The number of carbonyl (C=O) groups is 3. The van der Waals surface area contributed by atoms with Gasteiger partial charge in [-0.05, 0) is 6.07 Å². The minimum atomic E-state index is -0.197. The first kappa shape index (κ1) is 20.7. The van der Waals surface area contributed by atoms with Crippen LogP contribution < -0.4 is 20.7 Å². The van der Waals surface area contributed by atoms with Crippen LogP contribution >= 0.6 is 0 Å². The molecule has 0 aliphatic carbocycles. The highest BCUT2D eigenvalue weighted by molar-refractivity contribution is 5.84. The van der Waals surface area contributed by atoms with E-state index in [0.717, 1.165) is 17.9 Å². The van der Waals surface area contributed by atoms with Gasteiger partial charge in [0.05, 0.1) is 13.2 Å². The Bertz CT molecular complexity index is 665. The van der Waals surface area contributed by atoms with Crippen molar-refractivity contribution in [3.05, 3.63) is 29.8 Å². The Labute approximate surface area is 159 Å². The zero-order chi connectivity index (χ0) is 19.6. The molecule has 1 saturated heterocycles. The highest BCUT2D eigenvalue weighted by Crippen LogP contribution is 2.30. The molecule has 1 aromatic carbocycles. The molecule has 1 heterocycles. The predicted octanol–water partition coefficient (Wildman–Crippen LogP) is 0.201. The molecule has 0 saturated carbocycles. The first-order chi connectivity index (χ1) is 13.0. The van der Waals surface area contributed by atoms with Crippen molar-refractivity contribution in [3.8, 4) is 5.75 Å². The maximum atomic E-state index is 12.7. The third kappa shape index (κ3) is 6.25. The number of benzene rings is 1. The van der Waals surface area contributed by atoms with Crippen LogP contribution in [0.3, 0.4) is 0 Å². The van der Waals surface area contributed by atoms with Gasteiger partial charge in [0.1, 0.15) is 5.75 Å². The van der Waals surface area contributed by atoms with Crippen LogP contribution in [0.25, 0.3) is 0 Å². The SMILES string of the molecule is COc1ccccc1C1CNCCN1C(=O)CCC(=O)NCCNC(C)=O. The van der Waals surface area contributed by atoms with Gasteiger partial charge in [-0.25, -0.2) is 0 Å². The molecule has 148 valence electrons. The second-order valence-electron chi connectivity index (χ2n) is 6.38. The van der Waals surface area contributed by atoms with Crippen LogP contribution in [0.15, 0.2) is 24.3 Å². The topological polar surface area (TPSA) is 99.8 Å². The number of nitrogens with one attached hydrogen (secondary N) is 3. The van der Waals surface area contributed by atoms with E-state index in [2.05, 4.69) is 16.0 Å². The lowest BCUT2D eigenvalue weighted by Crippen LogP contribution is -2.49. The molecular formula is C19H28N4O4. The summed E-state index contributed by atoms with van der Waals surface area (Å²) in [5.41, 5.74) is 0.959. The molecule has 0 bridgehead atoms. The molecule has 8 heteroatoms. The third-order valence-corrected chi connectivity index (χ3v) is 4.45. The first-order valence-electron chi connectivity index (χ1n) is 9.17. The molecule has 1 unspecified atom stereocenters. The lowest BCUT2D eigenvalue weighted by molar-refractivity contribution is -0.136. The number of ether oxygens (including phenoxy) is 1. The number of nitrogens with zero attached hydrogens (tertiary/aromatic N) is 1. The van der Waals surface area contributed by atoms with Crippen LogP contribution in [0.2, 0.25) is 0 Å². The Kier molecular flexibility index (Phi) is 8.06. The first-order valence-corrected chi connectivity index (χ1v) is 9.17. The van der Waals surface area contributed by atoms with E-state index < -0.39 is 0 Å². The summed E-state index contributed by atoms with van der Waals surface area (Å²) >= 11 is 0. The van der Waals surface area contributed by atoms with E-state index >= 15 is 0 Å². The van der Waals surface area contributed by atoms with Crippen LogP contribution in [0.1, 0.15) is 31.4 Å². The Morgan fingerprint density at radius 2 is 1.93 bits per heavy atom. The van der Waals surface area contributed by atoms with E-state index in [1.807, 2.05) is 29.2 Å². The smallest absolute Gasteiger partial charge is 0.223 e. The second kappa shape index (κ2) is 10.5. The molecule has 0 radical (unpaired) electrons. The summed E-state index contributed by atoms with van der Waals surface area (Å²) < 4.78 is 5.44. The molecule has 3 N–H and O–H groups in total. The number of amides is 3. The van der Waals surface area contributed by atoms with Crippen molar-refractivity contribution in [2.75, 3.05) is 39.8 Å². The zero-order valence-electron chi connectivity index (χ0n) is 15.9. The molecule has 1 atom stereocenters. The molecule has 2 rings (SSSR count). The normalized spacial score (nSPS) is 16.5. The van der Waals surface area contributed by atoms with Gasteiger partial charge in [-0.3, -0.25) is 14.4 Å². The van der Waals surface area contributed by atoms with Crippen LogP contribution in [-0.2, 0) is 14.4 Å². The van der Waals surface area contributed by atoms with Gasteiger partial charge in [0.25, 0.3) is 0 Å². The summed E-state index contributed by atoms with van der Waals surface area (Å²) in [7, 11) is 1.62. The highest BCUT2D eigenvalue weighted by atomic mass is 16.5.